The van der Waals surface area contributed by atoms with E-state index in [9.17, 15) is 9.59 Å². The van der Waals surface area contributed by atoms with Gasteiger partial charge in [0, 0.05) is 50.9 Å². The Morgan fingerprint density at radius 3 is 2.12 bits per heavy atom. The van der Waals surface area contributed by atoms with Crippen molar-refractivity contribution in [3.8, 4) is 0 Å². The lowest BCUT2D eigenvalue weighted by Crippen LogP contribution is -2.53. The number of carbonyl (C=O) groups excluding carboxylic acids is 2. The Morgan fingerprint density at radius 2 is 1.48 bits per heavy atom. The number of morpholine rings is 1. The topological polar surface area (TPSA) is 65.1 Å². The molecular formula is C26H34N4O3. The molecule has 2 saturated heterocycles. The molecule has 0 aromatic heterocycles. The van der Waals surface area contributed by atoms with Crippen LogP contribution in [0.1, 0.15) is 28.9 Å². The second-order valence-corrected chi connectivity index (χ2v) is 8.79. The number of ether oxygens (including phenoxy) is 1. The summed E-state index contributed by atoms with van der Waals surface area (Å²) in [5.41, 5.74) is 1.92. The van der Waals surface area contributed by atoms with Gasteiger partial charge in [0.2, 0.25) is 5.91 Å². The molecule has 0 saturated carbocycles. The highest BCUT2D eigenvalue weighted by Crippen LogP contribution is 2.25. The molecule has 0 aliphatic carbocycles. The maximum absolute atomic E-state index is 12.9. The first-order valence-electron chi connectivity index (χ1n) is 11.8. The molecule has 176 valence electrons. The maximum atomic E-state index is 12.9. The number of nitrogens with zero attached hydrogens (tertiary/aromatic N) is 3. The number of amides is 2. The summed E-state index contributed by atoms with van der Waals surface area (Å²) in [7, 11) is 0. The fraction of sp³-hybridized carbons (Fsp3) is 0.462. The summed E-state index contributed by atoms with van der Waals surface area (Å²) < 4.78 is 5.54. The molecule has 0 bridgehead atoms. The van der Waals surface area contributed by atoms with Crippen LogP contribution in [0.25, 0.3) is 0 Å². The van der Waals surface area contributed by atoms with Gasteiger partial charge >= 0.3 is 0 Å². The molecule has 0 unspecified atom stereocenters. The van der Waals surface area contributed by atoms with E-state index < -0.39 is 0 Å². The first kappa shape index (κ1) is 23.4. The van der Waals surface area contributed by atoms with Crippen LogP contribution in [0.15, 0.2) is 60.7 Å². The van der Waals surface area contributed by atoms with E-state index in [4.69, 9.17) is 4.74 Å². The van der Waals surface area contributed by atoms with Gasteiger partial charge in [-0.25, -0.2) is 0 Å². The number of hydrogen-bond acceptors (Lipinski definition) is 5. The summed E-state index contributed by atoms with van der Waals surface area (Å²) >= 11 is 0. The Balaban J connectivity index is 1.30. The fourth-order valence-electron chi connectivity index (χ4n) is 4.78. The molecule has 2 aliphatic rings. The molecular weight excluding hydrogens is 416 g/mol. The highest BCUT2D eigenvalue weighted by molar-refractivity contribution is 5.94. The van der Waals surface area contributed by atoms with Crippen molar-refractivity contribution < 1.29 is 14.3 Å². The summed E-state index contributed by atoms with van der Waals surface area (Å²) in [6.45, 7) is 8.26. The van der Waals surface area contributed by atoms with Crippen molar-refractivity contribution in [3.63, 3.8) is 0 Å². The molecule has 33 heavy (non-hydrogen) atoms. The first-order valence-corrected chi connectivity index (χ1v) is 11.8. The fourth-order valence-corrected chi connectivity index (χ4v) is 4.78. The van der Waals surface area contributed by atoms with Gasteiger partial charge in [-0.2, -0.15) is 0 Å². The van der Waals surface area contributed by atoms with Crippen LogP contribution >= 0.6 is 0 Å². The van der Waals surface area contributed by atoms with Crippen molar-refractivity contribution in [1.29, 1.82) is 0 Å². The number of carbonyl (C=O) groups is 2. The Kier molecular flexibility index (Phi) is 8.10. The highest BCUT2D eigenvalue weighted by Gasteiger charge is 2.29. The van der Waals surface area contributed by atoms with Crippen molar-refractivity contribution in [1.82, 2.24) is 20.0 Å². The van der Waals surface area contributed by atoms with Crippen LogP contribution in [0.2, 0.25) is 0 Å². The van der Waals surface area contributed by atoms with Crippen molar-refractivity contribution >= 4 is 11.8 Å². The normalized spacial score (nSPS) is 19.6. The molecule has 0 radical (unpaired) electrons. The van der Waals surface area contributed by atoms with Crippen LogP contribution in [-0.2, 0) is 9.53 Å². The number of benzene rings is 2. The molecule has 2 heterocycles. The average molecular weight is 451 g/mol. The van der Waals surface area contributed by atoms with Crippen molar-refractivity contribution in [2.75, 3.05) is 59.0 Å². The molecule has 4 rings (SSSR count). The largest absolute Gasteiger partial charge is 0.379 e. The zero-order chi connectivity index (χ0) is 23.0. The lowest BCUT2D eigenvalue weighted by molar-refractivity contribution is -0.123. The van der Waals surface area contributed by atoms with E-state index in [-0.39, 0.29) is 23.9 Å². The molecule has 7 nitrogen and oxygen atoms in total. The SMILES string of the molecule is C[C@H](NC(=O)CN1CCN(C(=O)c2ccccc2)CC1)[C@@H](c1ccccc1)N1CCOCC1. The zero-order valence-corrected chi connectivity index (χ0v) is 19.4. The van der Waals surface area contributed by atoms with E-state index in [2.05, 4.69) is 34.2 Å². The standard InChI is InChI=1S/C26H34N4O3/c1-21(25(22-8-4-2-5-9-22)29-16-18-33-19-17-29)27-24(31)20-28-12-14-30(15-13-28)26(32)23-10-6-3-7-11-23/h2-11,21,25H,12-20H2,1H3,(H,27,31)/t21-,25-/m0/s1. The van der Waals surface area contributed by atoms with Gasteiger partial charge in [-0.15, -0.1) is 0 Å². The zero-order valence-electron chi connectivity index (χ0n) is 19.4. The third-order valence-electron chi connectivity index (χ3n) is 6.49. The number of rotatable bonds is 7. The van der Waals surface area contributed by atoms with Crippen LogP contribution < -0.4 is 5.32 Å². The summed E-state index contributed by atoms with van der Waals surface area (Å²) in [6, 6.07) is 19.8. The van der Waals surface area contributed by atoms with Crippen LogP contribution in [-0.4, -0.2) is 91.6 Å². The third kappa shape index (κ3) is 6.19. The summed E-state index contributed by atoms with van der Waals surface area (Å²) in [6.07, 6.45) is 0. The van der Waals surface area contributed by atoms with Gasteiger partial charge in [-0.3, -0.25) is 19.4 Å². The van der Waals surface area contributed by atoms with Crippen LogP contribution in [0.4, 0.5) is 0 Å². The molecule has 0 spiro atoms. The van der Waals surface area contributed by atoms with Gasteiger partial charge < -0.3 is 15.0 Å². The van der Waals surface area contributed by atoms with Gasteiger partial charge in [-0.05, 0) is 24.6 Å². The third-order valence-corrected chi connectivity index (χ3v) is 6.49. The average Bonchev–Trinajstić information content (AvgIpc) is 2.86. The monoisotopic (exact) mass is 450 g/mol. The molecule has 1 N–H and O–H groups in total. The van der Waals surface area contributed by atoms with Gasteiger partial charge in [-0.1, -0.05) is 48.5 Å². The Morgan fingerprint density at radius 1 is 0.879 bits per heavy atom. The molecule has 2 amide bonds. The van der Waals surface area contributed by atoms with Gasteiger partial charge in [0.1, 0.15) is 0 Å². The van der Waals surface area contributed by atoms with Crippen molar-refractivity contribution in [2.24, 2.45) is 0 Å². The second-order valence-electron chi connectivity index (χ2n) is 8.79. The molecule has 7 heteroatoms. The van der Waals surface area contributed by atoms with E-state index >= 15 is 0 Å². The summed E-state index contributed by atoms with van der Waals surface area (Å²) in [5, 5.41) is 3.24. The minimum Gasteiger partial charge on any atom is -0.379 e. The van der Waals surface area contributed by atoms with Crippen molar-refractivity contribution in [3.05, 3.63) is 71.8 Å². The van der Waals surface area contributed by atoms with E-state index in [0.717, 1.165) is 26.3 Å². The van der Waals surface area contributed by atoms with Crippen LogP contribution in [0, 0.1) is 0 Å². The summed E-state index contributed by atoms with van der Waals surface area (Å²) in [4.78, 5) is 31.9. The van der Waals surface area contributed by atoms with E-state index in [1.165, 1.54) is 5.56 Å². The minimum absolute atomic E-state index is 0.0273. The molecule has 2 aromatic carbocycles. The predicted molar refractivity (Wildman–Crippen MR) is 128 cm³/mol. The lowest BCUT2D eigenvalue weighted by Gasteiger charge is -2.39. The molecule has 2 aliphatic heterocycles. The lowest BCUT2D eigenvalue weighted by atomic mass is 9.98. The second kappa shape index (κ2) is 11.4. The maximum Gasteiger partial charge on any atom is 0.253 e. The molecule has 2 aromatic rings. The van der Waals surface area contributed by atoms with Crippen molar-refractivity contribution in [2.45, 2.75) is 19.0 Å². The minimum atomic E-state index is -0.0288. The van der Waals surface area contributed by atoms with E-state index in [1.807, 2.05) is 53.4 Å². The highest BCUT2D eigenvalue weighted by atomic mass is 16.5. The molecule has 2 fully saturated rings. The Bertz CT molecular complexity index is 894. The van der Waals surface area contributed by atoms with E-state index in [1.54, 1.807) is 0 Å². The number of nitrogens with one attached hydrogen (secondary N) is 1. The quantitative estimate of drug-likeness (QED) is 0.699. The van der Waals surface area contributed by atoms with Gasteiger partial charge in [0.15, 0.2) is 0 Å². The first-order chi connectivity index (χ1) is 16.1. The summed E-state index contributed by atoms with van der Waals surface area (Å²) in [5.74, 6) is 0.0871. The Hall–Kier alpha value is -2.74. The van der Waals surface area contributed by atoms with Gasteiger partial charge in [0.25, 0.3) is 5.91 Å². The van der Waals surface area contributed by atoms with Crippen LogP contribution in [0.3, 0.4) is 0 Å². The Labute approximate surface area is 196 Å². The number of hydrogen-bond donors (Lipinski definition) is 1. The van der Waals surface area contributed by atoms with Crippen LogP contribution in [0.5, 0.6) is 0 Å². The smallest absolute Gasteiger partial charge is 0.253 e. The predicted octanol–water partition coefficient (Wildman–Crippen LogP) is 2.02. The molecule has 2 atom stereocenters. The number of piperazine rings is 1. The van der Waals surface area contributed by atoms with Gasteiger partial charge in [0.05, 0.1) is 25.8 Å². The van der Waals surface area contributed by atoms with E-state index in [0.29, 0.717) is 38.3 Å².